The molecule has 8 heteroatoms. The Bertz CT molecular complexity index is 966. The minimum Gasteiger partial charge on any atom is -0.324 e. The van der Waals surface area contributed by atoms with Crippen molar-refractivity contribution in [1.82, 2.24) is 14.5 Å². The molecule has 0 atom stereocenters. The van der Waals surface area contributed by atoms with Gasteiger partial charge in [0.15, 0.2) is 0 Å². The lowest BCUT2D eigenvalue weighted by molar-refractivity contribution is -0.141. The number of alkyl halides is 3. The van der Waals surface area contributed by atoms with Crippen LogP contribution in [-0.2, 0) is 13.2 Å². The molecule has 1 N–H and O–H groups in total. The molecule has 0 fully saturated rings. The fourth-order valence-electron chi connectivity index (χ4n) is 2.21. The van der Waals surface area contributed by atoms with E-state index in [-0.39, 0.29) is 11.5 Å². The normalized spacial score (nSPS) is 11.4. The summed E-state index contributed by atoms with van der Waals surface area (Å²) in [5, 5.41) is 2.75. The maximum atomic E-state index is 12.7. The Morgan fingerprint density at radius 1 is 1.08 bits per heavy atom. The number of aryl methyl sites for hydroxylation is 1. The summed E-state index contributed by atoms with van der Waals surface area (Å²) in [6, 6.07) is 11.0. The van der Waals surface area contributed by atoms with Crippen LogP contribution in [0.1, 0.15) is 5.69 Å². The minimum absolute atomic E-state index is 0.155. The van der Waals surface area contributed by atoms with Gasteiger partial charge in [-0.2, -0.15) is 13.2 Å². The summed E-state index contributed by atoms with van der Waals surface area (Å²) in [4.78, 5) is 19.0. The number of aromatic nitrogens is 3. The Balaban J connectivity index is 1.90. The van der Waals surface area contributed by atoms with Gasteiger partial charge in [0.1, 0.15) is 5.69 Å². The van der Waals surface area contributed by atoms with Crippen molar-refractivity contribution in [1.29, 1.82) is 0 Å². The molecule has 0 radical (unpaired) electrons. The minimum atomic E-state index is -4.54. The van der Waals surface area contributed by atoms with Crippen LogP contribution in [-0.4, -0.2) is 14.5 Å². The first-order valence-electron chi connectivity index (χ1n) is 7.27. The van der Waals surface area contributed by atoms with Gasteiger partial charge in [0.25, 0.3) is 5.56 Å². The molecule has 0 aliphatic rings. The summed E-state index contributed by atoms with van der Waals surface area (Å²) in [5.74, 6) is -0.157. The molecule has 0 bridgehead atoms. The molecule has 3 aromatic rings. The zero-order valence-corrected chi connectivity index (χ0v) is 13.1. The van der Waals surface area contributed by atoms with E-state index in [2.05, 4.69) is 15.3 Å². The van der Waals surface area contributed by atoms with E-state index in [0.29, 0.717) is 11.3 Å². The van der Waals surface area contributed by atoms with Crippen molar-refractivity contribution < 1.29 is 13.2 Å². The Morgan fingerprint density at radius 3 is 2.56 bits per heavy atom. The van der Waals surface area contributed by atoms with E-state index in [9.17, 15) is 18.0 Å². The summed E-state index contributed by atoms with van der Waals surface area (Å²) < 4.78 is 39.6. The van der Waals surface area contributed by atoms with Crippen LogP contribution in [0.4, 0.5) is 24.8 Å². The SMILES string of the molecule is Cn1ccc(-c2cccc(Nc3nccc(C(F)(F)F)n3)c2)cc1=O. The van der Waals surface area contributed by atoms with Crippen molar-refractivity contribution in [3.8, 4) is 11.1 Å². The predicted molar refractivity (Wildman–Crippen MR) is 87.4 cm³/mol. The Kier molecular flexibility index (Phi) is 4.26. The lowest BCUT2D eigenvalue weighted by atomic mass is 10.1. The van der Waals surface area contributed by atoms with E-state index >= 15 is 0 Å². The maximum absolute atomic E-state index is 12.7. The number of pyridine rings is 1. The summed E-state index contributed by atoms with van der Waals surface area (Å²) in [6.07, 6.45) is -1.85. The fraction of sp³-hybridized carbons (Fsp3) is 0.118. The van der Waals surface area contributed by atoms with Crippen LogP contribution in [0.2, 0.25) is 0 Å². The third-order valence-electron chi connectivity index (χ3n) is 3.50. The molecule has 2 aromatic heterocycles. The first-order chi connectivity index (χ1) is 11.8. The van der Waals surface area contributed by atoms with E-state index in [1.165, 1.54) is 10.6 Å². The van der Waals surface area contributed by atoms with Crippen molar-refractivity contribution in [3.63, 3.8) is 0 Å². The smallest absolute Gasteiger partial charge is 0.324 e. The lowest BCUT2D eigenvalue weighted by Crippen LogP contribution is -2.14. The number of benzene rings is 1. The monoisotopic (exact) mass is 346 g/mol. The van der Waals surface area contributed by atoms with Gasteiger partial charge in [-0.3, -0.25) is 4.79 Å². The Hall–Kier alpha value is -3.16. The zero-order chi connectivity index (χ0) is 18.0. The standard InChI is InChI=1S/C17H13F3N4O/c1-24-8-6-12(10-15(24)25)11-3-2-4-13(9-11)22-16-21-7-5-14(23-16)17(18,19)20/h2-10H,1H3,(H,21,22,23). The molecule has 0 unspecified atom stereocenters. The molecule has 128 valence electrons. The highest BCUT2D eigenvalue weighted by Gasteiger charge is 2.32. The molecular weight excluding hydrogens is 333 g/mol. The largest absolute Gasteiger partial charge is 0.433 e. The molecule has 0 amide bonds. The summed E-state index contributed by atoms with van der Waals surface area (Å²) >= 11 is 0. The van der Waals surface area contributed by atoms with Crippen molar-refractivity contribution in [3.05, 3.63) is 70.9 Å². The average Bonchev–Trinajstić information content (AvgIpc) is 2.57. The molecule has 2 heterocycles. The second-order valence-corrected chi connectivity index (χ2v) is 5.33. The van der Waals surface area contributed by atoms with Gasteiger partial charge in [-0.05, 0) is 35.4 Å². The van der Waals surface area contributed by atoms with Crippen molar-refractivity contribution in [2.45, 2.75) is 6.18 Å². The molecule has 0 saturated carbocycles. The van der Waals surface area contributed by atoms with Crippen LogP contribution in [0.3, 0.4) is 0 Å². The molecular formula is C17H13F3N4O. The molecule has 5 nitrogen and oxygen atoms in total. The van der Waals surface area contributed by atoms with Crippen LogP contribution >= 0.6 is 0 Å². The molecule has 1 aromatic carbocycles. The van der Waals surface area contributed by atoms with Gasteiger partial charge >= 0.3 is 6.18 Å². The third kappa shape index (κ3) is 3.85. The summed E-state index contributed by atoms with van der Waals surface area (Å²) in [5.41, 5.74) is 0.786. The topological polar surface area (TPSA) is 59.8 Å². The number of anilines is 2. The van der Waals surface area contributed by atoms with E-state index in [4.69, 9.17) is 0 Å². The maximum Gasteiger partial charge on any atom is 0.433 e. The highest BCUT2D eigenvalue weighted by Crippen LogP contribution is 2.28. The van der Waals surface area contributed by atoms with E-state index in [0.717, 1.165) is 17.8 Å². The van der Waals surface area contributed by atoms with Crippen LogP contribution < -0.4 is 10.9 Å². The van der Waals surface area contributed by atoms with Gasteiger partial charge in [0.2, 0.25) is 5.95 Å². The molecule has 3 rings (SSSR count). The van der Waals surface area contributed by atoms with Gasteiger partial charge in [-0.1, -0.05) is 12.1 Å². The number of nitrogens with zero attached hydrogens (tertiary/aromatic N) is 3. The lowest BCUT2D eigenvalue weighted by Gasteiger charge is -2.10. The Labute approximate surface area is 140 Å². The summed E-state index contributed by atoms with van der Waals surface area (Å²) in [6.45, 7) is 0. The van der Waals surface area contributed by atoms with Crippen LogP contribution in [0.15, 0.2) is 59.7 Å². The van der Waals surface area contributed by atoms with Gasteiger partial charge in [-0.25, -0.2) is 9.97 Å². The van der Waals surface area contributed by atoms with E-state index in [1.807, 2.05) is 0 Å². The molecule has 0 spiro atoms. The second kappa shape index (κ2) is 6.39. The second-order valence-electron chi connectivity index (χ2n) is 5.33. The number of halogens is 3. The van der Waals surface area contributed by atoms with Gasteiger partial charge < -0.3 is 9.88 Å². The van der Waals surface area contributed by atoms with Crippen LogP contribution in [0.25, 0.3) is 11.1 Å². The molecule has 0 saturated heterocycles. The quantitative estimate of drug-likeness (QED) is 0.787. The number of rotatable bonds is 3. The van der Waals surface area contributed by atoms with Gasteiger partial charge in [-0.15, -0.1) is 0 Å². The molecule has 25 heavy (non-hydrogen) atoms. The summed E-state index contributed by atoms with van der Waals surface area (Å²) in [7, 11) is 1.65. The van der Waals surface area contributed by atoms with Crippen molar-refractivity contribution in [2.75, 3.05) is 5.32 Å². The predicted octanol–water partition coefficient (Wildman–Crippen LogP) is 3.60. The number of hydrogen-bond donors (Lipinski definition) is 1. The van der Waals surface area contributed by atoms with Gasteiger partial charge in [0, 0.05) is 31.2 Å². The first kappa shape index (κ1) is 16.7. The molecule has 0 aliphatic carbocycles. The highest BCUT2D eigenvalue weighted by molar-refractivity contribution is 5.69. The van der Waals surface area contributed by atoms with Crippen LogP contribution in [0.5, 0.6) is 0 Å². The van der Waals surface area contributed by atoms with Crippen molar-refractivity contribution in [2.24, 2.45) is 7.05 Å². The average molecular weight is 346 g/mol. The first-order valence-corrected chi connectivity index (χ1v) is 7.27. The van der Waals surface area contributed by atoms with Crippen molar-refractivity contribution >= 4 is 11.6 Å². The number of nitrogens with one attached hydrogen (secondary N) is 1. The fourth-order valence-corrected chi connectivity index (χ4v) is 2.21. The van der Waals surface area contributed by atoms with E-state index in [1.54, 1.807) is 43.6 Å². The number of hydrogen-bond acceptors (Lipinski definition) is 4. The molecule has 0 aliphatic heterocycles. The highest BCUT2D eigenvalue weighted by atomic mass is 19.4. The Morgan fingerprint density at radius 2 is 1.84 bits per heavy atom. The van der Waals surface area contributed by atoms with E-state index < -0.39 is 11.9 Å². The zero-order valence-electron chi connectivity index (χ0n) is 13.1. The van der Waals surface area contributed by atoms with Crippen LogP contribution in [0, 0.1) is 0 Å². The van der Waals surface area contributed by atoms with Gasteiger partial charge in [0.05, 0.1) is 0 Å². The third-order valence-corrected chi connectivity index (χ3v) is 3.50.